The van der Waals surface area contributed by atoms with E-state index in [4.69, 9.17) is 10.8 Å². The third-order valence-electron chi connectivity index (χ3n) is 2.85. The van der Waals surface area contributed by atoms with Gasteiger partial charge in [0.2, 0.25) is 0 Å². The van der Waals surface area contributed by atoms with Crippen LogP contribution in [0.1, 0.15) is 29.0 Å². The zero-order valence-electron chi connectivity index (χ0n) is 10.8. The number of aromatic nitrogens is 1. The smallest absolute Gasteiger partial charge is 0.354 e. The predicted molar refractivity (Wildman–Crippen MR) is 81.8 cm³/mol. The topological polar surface area (TPSA) is 88.2 Å². The van der Waals surface area contributed by atoms with Gasteiger partial charge >= 0.3 is 5.97 Å². The van der Waals surface area contributed by atoms with Gasteiger partial charge in [-0.05, 0) is 36.8 Å². The summed E-state index contributed by atoms with van der Waals surface area (Å²) in [5.41, 5.74) is 7.24. The molecule has 0 fully saturated rings. The Balaban J connectivity index is 2.25. The summed E-state index contributed by atoms with van der Waals surface area (Å²) in [7, 11) is 0. The molecule has 0 aliphatic carbocycles. The van der Waals surface area contributed by atoms with E-state index in [1.807, 2.05) is 31.2 Å². The fourth-order valence-corrected chi connectivity index (χ4v) is 2.19. The molecule has 0 spiro atoms. The quantitative estimate of drug-likeness (QED) is 0.797. The number of benzene rings is 1. The Labute approximate surface area is 125 Å². The van der Waals surface area contributed by atoms with E-state index in [2.05, 4.69) is 26.2 Å². The van der Waals surface area contributed by atoms with Crippen molar-refractivity contribution in [2.24, 2.45) is 0 Å². The molecule has 20 heavy (non-hydrogen) atoms. The van der Waals surface area contributed by atoms with Crippen LogP contribution in [0.4, 0.5) is 11.5 Å². The lowest BCUT2D eigenvalue weighted by Crippen LogP contribution is -2.12. The summed E-state index contributed by atoms with van der Waals surface area (Å²) < 4.78 is 0.976. The summed E-state index contributed by atoms with van der Waals surface area (Å²) in [6.45, 7) is 1.95. The lowest BCUT2D eigenvalue weighted by molar-refractivity contribution is 0.0690. The van der Waals surface area contributed by atoms with Crippen molar-refractivity contribution < 1.29 is 9.90 Å². The average molecular weight is 336 g/mol. The number of anilines is 2. The lowest BCUT2D eigenvalue weighted by atomic mass is 10.1. The molecule has 0 aliphatic rings. The van der Waals surface area contributed by atoms with E-state index in [1.165, 1.54) is 12.1 Å². The second-order valence-electron chi connectivity index (χ2n) is 4.36. The van der Waals surface area contributed by atoms with Crippen LogP contribution >= 0.6 is 15.9 Å². The monoisotopic (exact) mass is 335 g/mol. The first-order valence-corrected chi connectivity index (χ1v) is 6.78. The molecule has 104 valence electrons. The number of nitrogens with one attached hydrogen (secondary N) is 1. The number of nitrogens with zero attached hydrogens (tertiary/aromatic N) is 1. The third kappa shape index (κ3) is 3.27. The van der Waals surface area contributed by atoms with Crippen LogP contribution in [0, 0.1) is 0 Å². The van der Waals surface area contributed by atoms with Crippen LogP contribution in [0.15, 0.2) is 40.9 Å². The summed E-state index contributed by atoms with van der Waals surface area (Å²) >= 11 is 3.42. The zero-order valence-corrected chi connectivity index (χ0v) is 12.4. The van der Waals surface area contributed by atoms with Crippen molar-refractivity contribution >= 4 is 33.4 Å². The van der Waals surface area contributed by atoms with Gasteiger partial charge in [0.1, 0.15) is 0 Å². The highest BCUT2D eigenvalue weighted by molar-refractivity contribution is 9.10. The number of hydrogen-bond acceptors (Lipinski definition) is 4. The van der Waals surface area contributed by atoms with E-state index in [0.29, 0.717) is 11.5 Å². The summed E-state index contributed by atoms with van der Waals surface area (Å²) in [5.74, 6) is -0.708. The van der Waals surface area contributed by atoms with Crippen LogP contribution in [0.3, 0.4) is 0 Å². The first-order chi connectivity index (χ1) is 9.47. The zero-order chi connectivity index (χ0) is 14.7. The molecule has 6 heteroatoms. The molecular formula is C14H14BrN3O2. The molecule has 1 aromatic heterocycles. The Kier molecular flexibility index (Phi) is 4.24. The SMILES string of the molecule is CC(Nc1nc(C(=O)O)ccc1N)c1cccc(Br)c1. The molecule has 1 heterocycles. The van der Waals surface area contributed by atoms with Gasteiger partial charge in [0.25, 0.3) is 0 Å². The molecule has 5 nitrogen and oxygen atoms in total. The van der Waals surface area contributed by atoms with Gasteiger partial charge in [-0.2, -0.15) is 0 Å². The first-order valence-electron chi connectivity index (χ1n) is 5.99. The van der Waals surface area contributed by atoms with Crippen LogP contribution in [-0.2, 0) is 0 Å². The van der Waals surface area contributed by atoms with Gasteiger partial charge < -0.3 is 16.2 Å². The first kappa shape index (κ1) is 14.3. The van der Waals surface area contributed by atoms with Crippen molar-refractivity contribution in [3.63, 3.8) is 0 Å². The number of nitrogens with two attached hydrogens (primary N) is 1. The van der Waals surface area contributed by atoms with Gasteiger partial charge in [-0.25, -0.2) is 9.78 Å². The molecule has 1 aromatic carbocycles. The van der Waals surface area contributed by atoms with E-state index >= 15 is 0 Å². The Morgan fingerprint density at radius 2 is 2.15 bits per heavy atom. The predicted octanol–water partition coefficient (Wildman–Crippen LogP) is 3.30. The van der Waals surface area contributed by atoms with Crippen molar-refractivity contribution in [1.29, 1.82) is 0 Å². The molecule has 1 atom stereocenters. The van der Waals surface area contributed by atoms with Gasteiger partial charge in [-0.15, -0.1) is 0 Å². The molecule has 0 radical (unpaired) electrons. The minimum absolute atomic E-state index is 0.0388. The number of aromatic carboxylic acids is 1. The highest BCUT2D eigenvalue weighted by atomic mass is 79.9. The third-order valence-corrected chi connectivity index (χ3v) is 3.34. The van der Waals surface area contributed by atoms with Crippen molar-refractivity contribution in [2.45, 2.75) is 13.0 Å². The second kappa shape index (κ2) is 5.92. The number of hydrogen-bond donors (Lipinski definition) is 3. The number of carboxylic acid groups (broad SMARTS) is 1. The van der Waals surface area contributed by atoms with Gasteiger partial charge in [0.05, 0.1) is 11.7 Å². The Bertz CT molecular complexity index is 646. The molecule has 2 rings (SSSR count). The number of nitrogen functional groups attached to an aromatic ring is 1. The van der Waals surface area contributed by atoms with Crippen LogP contribution in [0.5, 0.6) is 0 Å². The van der Waals surface area contributed by atoms with E-state index in [9.17, 15) is 4.79 Å². The number of carbonyl (C=O) groups is 1. The van der Waals surface area contributed by atoms with E-state index in [0.717, 1.165) is 10.0 Å². The normalized spacial score (nSPS) is 11.9. The fourth-order valence-electron chi connectivity index (χ4n) is 1.77. The Morgan fingerprint density at radius 1 is 1.40 bits per heavy atom. The minimum atomic E-state index is -1.08. The van der Waals surface area contributed by atoms with Gasteiger partial charge in [0.15, 0.2) is 11.5 Å². The van der Waals surface area contributed by atoms with Crippen LogP contribution in [0.2, 0.25) is 0 Å². The van der Waals surface area contributed by atoms with E-state index < -0.39 is 5.97 Å². The summed E-state index contributed by atoms with van der Waals surface area (Å²) in [4.78, 5) is 14.9. The number of pyridine rings is 1. The summed E-state index contributed by atoms with van der Waals surface area (Å²) in [6, 6.07) is 10.7. The maximum Gasteiger partial charge on any atom is 0.354 e. The molecule has 1 unspecified atom stereocenters. The number of halogens is 1. The van der Waals surface area contributed by atoms with E-state index in [1.54, 1.807) is 0 Å². The Morgan fingerprint density at radius 3 is 2.80 bits per heavy atom. The molecule has 0 saturated carbocycles. The fraction of sp³-hybridized carbons (Fsp3) is 0.143. The van der Waals surface area contributed by atoms with Crippen LogP contribution in [0.25, 0.3) is 0 Å². The molecule has 2 aromatic rings. The Hall–Kier alpha value is -2.08. The molecule has 0 saturated heterocycles. The maximum atomic E-state index is 10.9. The molecule has 4 N–H and O–H groups in total. The van der Waals surface area contributed by atoms with Crippen molar-refractivity contribution in [3.8, 4) is 0 Å². The van der Waals surface area contributed by atoms with Crippen LogP contribution < -0.4 is 11.1 Å². The maximum absolute atomic E-state index is 10.9. The minimum Gasteiger partial charge on any atom is -0.477 e. The average Bonchev–Trinajstić information content (AvgIpc) is 2.41. The van der Waals surface area contributed by atoms with Crippen molar-refractivity contribution in [3.05, 3.63) is 52.1 Å². The number of carboxylic acids is 1. The van der Waals surface area contributed by atoms with Crippen molar-refractivity contribution in [1.82, 2.24) is 4.98 Å². The lowest BCUT2D eigenvalue weighted by Gasteiger charge is -2.17. The molecular weight excluding hydrogens is 322 g/mol. The molecule has 0 amide bonds. The van der Waals surface area contributed by atoms with Gasteiger partial charge in [-0.3, -0.25) is 0 Å². The van der Waals surface area contributed by atoms with E-state index in [-0.39, 0.29) is 11.7 Å². The standard InChI is InChI=1S/C14H14BrN3O2/c1-8(9-3-2-4-10(15)7-9)17-13-11(16)5-6-12(18-13)14(19)20/h2-8H,16H2,1H3,(H,17,18)(H,19,20). The largest absolute Gasteiger partial charge is 0.477 e. The summed E-state index contributed by atoms with van der Waals surface area (Å²) in [6.07, 6.45) is 0. The number of rotatable bonds is 4. The summed E-state index contributed by atoms with van der Waals surface area (Å²) in [5, 5.41) is 12.1. The van der Waals surface area contributed by atoms with Crippen LogP contribution in [-0.4, -0.2) is 16.1 Å². The highest BCUT2D eigenvalue weighted by Gasteiger charge is 2.12. The molecule has 0 aliphatic heterocycles. The van der Waals surface area contributed by atoms with Gasteiger partial charge in [0, 0.05) is 4.47 Å². The van der Waals surface area contributed by atoms with Crippen molar-refractivity contribution in [2.75, 3.05) is 11.1 Å². The second-order valence-corrected chi connectivity index (χ2v) is 5.28. The van der Waals surface area contributed by atoms with Gasteiger partial charge in [-0.1, -0.05) is 28.1 Å². The molecule has 0 bridgehead atoms. The highest BCUT2D eigenvalue weighted by Crippen LogP contribution is 2.24.